The van der Waals surface area contributed by atoms with Crippen molar-refractivity contribution in [2.45, 2.75) is 51.7 Å². The van der Waals surface area contributed by atoms with Gasteiger partial charge < -0.3 is 10.6 Å². The maximum atomic E-state index is 12.2. The van der Waals surface area contributed by atoms with Crippen LogP contribution in [0.2, 0.25) is 0 Å². The molecule has 1 saturated heterocycles. The summed E-state index contributed by atoms with van der Waals surface area (Å²) >= 11 is 0. The van der Waals surface area contributed by atoms with E-state index in [1.54, 1.807) is 4.90 Å². The van der Waals surface area contributed by atoms with Crippen LogP contribution in [0, 0.1) is 22.7 Å². The third-order valence-corrected chi connectivity index (χ3v) is 3.71. The molecule has 1 saturated carbocycles. The van der Waals surface area contributed by atoms with Crippen LogP contribution >= 0.6 is 0 Å². The number of piperidine rings is 1. The van der Waals surface area contributed by atoms with E-state index in [4.69, 9.17) is 11.0 Å². The molecule has 0 aromatic heterocycles. The molecule has 2 aliphatic rings. The topological polar surface area (TPSA) is 70.1 Å². The van der Waals surface area contributed by atoms with Crippen LogP contribution in [0.3, 0.4) is 0 Å². The quantitative estimate of drug-likeness (QED) is 0.714. The average molecular weight is 221 g/mol. The highest BCUT2D eigenvalue weighted by Crippen LogP contribution is 2.48. The molecule has 4 nitrogen and oxygen atoms in total. The van der Waals surface area contributed by atoms with Crippen LogP contribution < -0.4 is 5.73 Å². The number of hydrogen-bond acceptors (Lipinski definition) is 3. The van der Waals surface area contributed by atoms with Crippen molar-refractivity contribution in [3.05, 3.63) is 0 Å². The summed E-state index contributed by atoms with van der Waals surface area (Å²) in [6.07, 6.45) is 1.89. The molecule has 0 aromatic carbocycles. The standard InChI is InChI=1S/C12H19N3O/c1-12(2,3)10(14)11(16)15-8(6-13)4-7-5-9(7)15/h7-10H,4-5,14H2,1-3H3. The fraction of sp³-hybridized carbons (Fsp3) is 0.833. The molecule has 88 valence electrons. The molecular weight excluding hydrogens is 202 g/mol. The normalized spacial score (nSPS) is 34.2. The minimum Gasteiger partial charge on any atom is -0.322 e. The molecule has 4 heteroatoms. The van der Waals surface area contributed by atoms with Crippen LogP contribution in [0.1, 0.15) is 33.6 Å². The molecule has 4 unspecified atom stereocenters. The van der Waals surface area contributed by atoms with Crippen LogP contribution in [0.4, 0.5) is 0 Å². The molecule has 0 spiro atoms. The molecule has 4 atom stereocenters. The first-order chi connectivity index (χ1) is 7.36. The zero-order valence-electron chi connectivity index (χ0n) is 10.1. The number of carbonyl (C=O) groups is 1. The second kappa shape index (κ2) is 3.46. The van der Waals surface area contributed by atoms with E-state index in [2.05, 4.69) is 6.07 Å². The smallest absolute Gasteiger partial charge is 0.241 e. The van der Waals surface area contributed by atoms with Gasteiger partial charge in [-0.1, -0.05) is 20.8 Å². The average Bonchev–Trinajstić information content (AvgIpc) is 2.86. The number of carbonyl (C=O) groups excluding carboxylic acids is 1. The van der Waals surface area contributed by atoms with E-state index in [-0.39, 0.29) is 17.4 Å². The molecule has 16 heavy (non-hydrogen) atoms. The van der Waals surface area contributed by atoms with Crippen LogP contribution in [-0.4, -0.2) is 28.9 Å². The molecule has 1 aliphatic heterocycles. The lowest BCUT2D eigenvalue weighted by atomic mass is 9.86. The van der Waals surface area contributed by atoms with E-state index in [9.17, 15) is 4.79 Å². The van der Waals surface area contributed by atoms with E-state index >= 15 is 0 Å². The number of amides is 1. The fourth-order valence-corrected chi connectivity index (χ4v) is 2.42. The molecule has 2 N–H and O–H groups in total. The predicted molar refractivity (Wildman–Crippen MR) is 60.2 cm³/mol. The Morgan fingerprint density at radius 2 is 2.12 bits per heavy atom. The summed E-state index contributed by atoms with van der Waals surface area (Å²) in [5.74, 6) is 0.504. The van der Waals surface area contributed by atoms with Gasteiger partial charge in [-0.2, -0.15) is 5.26 Å². The lowest BCUT2D eigenvalue weighted by Gasteiger charge is -2.32. The van der Waals surface area contributed by atoms with Gasteiger partial charge in [0.05, 0.1) is 12.1 Å². The summed E-state index contributed by atoms with van der Waals surface area (Å²) < 4.78 is 0. The van der Waals surface area contributed by atoms with Crippen molar-refractivity contribution in [3.63, 3.8) is 0 Å². The molecule has 1 amide bonds. The molecule has 0 radical (unpaired) electrons. The van der Waals surface area contributed by atoms with Gasteiger partial charge in [0, 0.05) is 6.04 Å². The number of nitrogens with zero attached hydrogens (tertiary/aromatic N) is 2. The van der Waals surface area contributed by atoms with E-state index in [0.29, 0.717) is 12.0 Å². The molecule has 1 heterocycles. The van der Waals surface area contributed by atoms with Gasteiger partial charge in [-0.05, 0) is 24.2 Å². The highest BCUT2D eigenvalue weighted by Gasteiger charge is 2.55. The molecule has 0 bridgehead atoms. The fourth-order valence-electron chi connectivity index (χ4n) is 2.42. The number of fused-ring (bicyclic) bond motifs is 1. The van der Waals surface area contributed by atoms with E-state index < -0.39 is 6.04 Å². The van der Waals surface area contributed by atoms with E-state index in [0.717, 1.165) is 12.8 Å². The zero-order chi connectivity index (χ0) is 12.1. The molecular formula is C12H19N3O. The highest BCUT2D eigenvalue weighted by molar-refractivity contribution is 5.84. The maximum absolute atomic E-state index is 12.2. The number of hydrogen-bond donors (Lipinski definition) is 1. The Labute approximate surface area is 96.4 Å². The first-order valence-electron chi connectivity index (χ1n) is 5.83. The largest absolute Gasteiger partial charge is 0.322 e. The second-order valence-electron chi connectivity index (χ2n) is 6.03. The summed E-state index contributed by atoms with van der Waals surface area (Å²) in [6.45, 7) is 5.87. The molecule has 2 fully saturated rings. The first-order valence-corrected chi connectivity index (χ1v) is 5.83. The van der Waals surface area contributed by atoms with Crippen LogP contribution in [0.25, 0.3) is 0 Å². The second-order valence-corrected chi connectivity index (χ2v) is 6.03. The van der Waals surface area contributed by atoms with E-state index in [1.807, 2.05) is 20.8 Å². The maximum Gasteiger partial charge on any atom is 0.241 e. The molecule has 0 aromatic rings. The van der Waals surface area contributed by atoms with Crippen molar-refractivity contribution in [1.29, 1.82) is 5.26 Å². The van der Waals surface area contributed by atoms with Gasteiger partial charge in [0.15, 0.2) is 0 Å². The lowest BCUT2D eigenvalue weighted by Crippen LogP contribution is -2.52. The minimum atomic E-state index is -0.511. The number of rotatable bonds is 1. The number of nitriles is 1. The SMILES string of the molecule is CC(C)(C)C(N)C(=O)N1C(C#N)CC2CC21. The third-order valence-electron chi connectivity index (χ3n) is 3.71. The van der Waals surface area contributed by atoms with Gasteiger partial charge in [0.2, 0.25) is 5.91 Å². The van der Waals surface area contributed by atoms with Crippen molar-refractivity contribution < 1.29 is 4.79 Å². The summed E-state index contributed by atoms with van der Waals surface area (Å²) in [7, 11) is 0. The monoisotopic (exact) mass is 221 g/mol. The molecule has 2 rings (SSSR count). The number of nitrogens with two attached hydrogens (primary N) is 1. The van der Waals surface area contributed by atoms with Gasteiger partial charge in [0.1, 0.15) is 6.04 Å². The first kappa shape index (κ1) is 11.4. The van der Waals surface area contributed by atoms with Crippen molar-refractivity contribution in [2.24, 2.45) is 17.1 Å². The summed E-state index contributed by atoms with van der Waals surface area (Å²) in [5.41, 5.74) is 5.73. The van der Waals surface area contributed by atoms with Crippen molar-refractivity contribution in [1.82, 2.24) is 4.90 Å². The minimum absolute atomic E-state index is 0.0518. The third kappa shape index (κ3) is 1.69. The van der Waals surface area contributed by atoms with Crippen LogP contribution in [-0.2, 0) is 4.79 Å². The Bertz CT molecular complexity index is 352. The van der Waals surface area contributed by atoms with Gasteiger partial charge in [-0.25, -0.2) is 0 Å². The Kier molecular flexibility index (Phi) is 2.47. The Morgan fingerprint density at radius 1 is 1.50 bits per heavy atom. The highest BCUT2D eigenvalue weighted by atomic mass is 16.2. The van der Waals surface area contributed by atoms with Gasteiger partial charge in [-0.15, -0.1) is 0 Å². The summed E-state index contributed by atoms with van der Waals surface area (Å²) in [5, 5.41) is 9.02. The van der Waals surface area contributed by atoms with Crippen LogP contribution in [0.5, 0.6) is 0 Å². The van der Waals surface area contributed by atoms with Crippen molar-refractivity contribution >= 4 is 5.91 Å². The lowest BCUT2D eigenvalue weighted by molar-refractivity contribution is -0.135. The van der Waals surface area contributed by atoms with E-state index in [1.165, 1.54) is 0 Å². The summed E-state index contributed by atoms with van der Waals surface area (Å²) in [4.78, 5) is 14.0. The molecule has 1 aliphatic carbocycles. The predicted octanol–water partition coefficient (Wildman–Crippen LogP) is 0.873. The number of likely N-dealkylation sites (tertiary alicyclic amines) is 1. The van der Waals surface area contributed by atoms with Gasteiger partial charge >= 0.3 is 0 Å². The van der Waals surface area contributed by atoms with Crippen LogP contribution in [0.15, 0.2) is 0 Å². The van der Waals surface area contributed by atoms with Gasteiger partial charge in [0.25, 0.3) is 0 Å². The zero-order valence-corrected chi connectivity index (χ0v) is 10.1. The Balaban J connectivity index is 2.13. The van der Waals surface area contributed by atoms with Crippen molar-refractivity contribution in [2.75, 3.05) is 0 Å². The summed E-state index contributed by atoms with van der Waals surface area (Å²) in [6, 6.07) is 1.75. The Hall–Kier alpha value is -1.08. The van der Waals surface area contributed by atoms with Gasteiger partial charge in [-0.3, -0.25) is 4.79 Å². The Morgan fingerprint density at radius 3 is 2.62 bits per heavy atom. The van der Waals surface area contributed by atoms with Crippen molar-refractivity contribution in [3.8, 4) is 6.07 Å².